The molecule has 2 aliphatic rings. The largest absolute Gasteiger partial charge is 0.353 e. The average Bonchev–Trinajstić information content (AvgIpc) is 3.16. The molecule has 5 heteroatoms. The van der Waals surface area contributed by atoms with Crippen molar-refractivity contribution in [1.29, 1.82) is 5.26 Å². The van der Waals surface area contributed by atoms with Crippen LogP contribution in [-0.2, 0) is 24.1 Å². The third kappa shape index (κ3) is 3.41. The third-order valence-electron chi connectivity index (χ3n) is 5.35. The van der Waals surface area contributed by atoms with Crippen molar-refractivity contribution >= 4 is 11.7 Å². The molecule has 1 aliphatic carbocycles. The van der Waals surface area contributed by atoms with Crippen LogP contribution in [0.4, 0.5) is 5.82 Å². The molecular weight excluding hydrogens is 324 g/mol. The first-order valence-corrected chi connectivity index (χ1v) is 9.22. The number of hydrogen-bond donors (Lipinski definition) is 0. The van der Waals surface area contributed by atoms with Gasteiger partial charge in [0.15, 0.2) is 0 Å². The minimum Gasteiger partial charge on any atom is -0.353 e. The zero-order valence-electron chi connectivity index (χ0n) is 14.8. The van der Waals surface area contributed by atoms with Gasteiger partial charge in [0.2, 0.25) is 5.91 Å². The molecule has 0 N–H and O–H groups in total. The molecule has 1 saturated heterocycles. The molecule has 132 valence electrons. The molecule has 0 saturated carbocycles. The van der Waals surface area contributed by atoms with E-state index in [9.17, 15) is 4.79 Å². The Morgan fingerprint density at radius 2 is 1.88 bits per heavy atom. The summed E-state index contributed by atoms with van der Waals surface area (Å²) >= 11 is 0. The highest BCUT2D eigenvalue weighted by molar-refractivity contribution is 5.79. The van der Waals surface area contributed by atoms with Crippen molar-refractivity contribution in [2.75, 3.05) is 31.1 Å². The summed E-state index contributed by atoms with van der Waals surface area (Å²) in [6.45, 7) is 2.97. The van der Waals surface area contributed by atoms with Gasteiger partial charge in [0.1, 0.15) is 11.9 Å². The number of aryl methyl sites for hydroxylation is 2. The maximum atomic E-state index is 12.7. The van der Waals surface area contributed by atoms with Gasteiger partial charge >= 0.3 is 0 Å². The molecule has 0 bridgehead atoms. The summed E-state index contributed by atoms with van der Waals surface area (Å²) in [7, 11) is 0. The molecule has 0 atom stereocenters. The molecule has 1 fully saturated rings. The van der Waals surface area contributed by atoms with Crippen LogP contribution in [-0.4, -0.2) is 42.0 Å². The van der Waals surface area contributed by atoms with Gasteiger partial charge in [-0.2, -0.15) is 5.26 Å². The minimum atomic E-state index is 0.204. The van der Waals surface area contributed by atoms with Gasteiger partial charge in [-0.1, -0.05) is 18.2 Å². The summed E-state index contributed by atoms with van der Waals surface area (Å²) in [5.41, 5.74) is 4.57. The van der Waals surface area contributed by atoms with Gasteiger partial charge in [0.25, 0.3) is 0 Å². The fourth-order valence-corrected chi connectivity index (χ4v) is 3.85. The first-order valence-electron chi connectivity index (χ1n) is 9.22. The minimum absolute atomic E-state index is 0.204. The number of anilines is 1. The van der Waals surface area contributed by atoms with E-state index in [1.54, 1.807) is 12.3 Å². The van der Waals surface area contributed by atoms with Crippen LogP contribution in [0.25, 0.3) is 0 Å². The van der Waals surface area contributed by atoms with E-state index in [-0.39, 0.29) is 5.91 Å². The summed E-state index contributed by atoms with van der Waals surface area (Å²) in [4.78, 5) is 21.1. The van der Waals surface area contributed by atoms with Crippen molar-refractivity contribution < 1.29 is 4.79 Å². The standard InChI is InChI=1S/C21H22N4O/c22-14-17-5-7-20(23-15-17)24-8-10-25(11-9-24)21(26)13-16-4-6-18-2-1-3-19(18)12-16/h4-7,12,15H,1-3,8-11,13H2. The average molecular weight is 346 g/mol. The molecule has 1 aromatic carbocycles. The molecule has 2 aromatic rings. The lowest BCUT2D eigenvalue weighted by atomic mass is 10.0. The Kier molecular flexibility index (Phi) is 4.57. The quantitative estimate of drug-likeness (QED) is 0.856. The van der Waals surface area contributed by atoms with Gasteiger partial charge in [-0.05, 0) is 48.1 Å². The number of carbonyl (C=O) groups is 1. The molecule has 0 unspecified atom stereocenters. The number of benzene rings is 1. The van der Waals surface area contributed by atoms with Crippen molar-refractivity contribution in [1.82, 2.24) is 9.88 Å². The Balaban J connectivity index is 1.34. The number of nitrogens with zero attached hydrogens (tertiary/aromatic N) is 4. The zero-order chi connectivity index (χ0) is 17.9. The Morgan fingerprint density at radius 3 is 2.62 bits per heavy atom. The summed E-state index contributed by atoms with van der Waals surface area (Å²) < 4.78 is 0. The topological polar surface area (TPSA) is 60.2 Å². The van der Waals surface area contributed by atoms with Crippen molar-refractivity contribution in [3.05, 3.63) is 58.8 Å². The highest BCUT2D eigenvalue weighted by Crippen LogP contribution is 2.23. The van der Waals surface area contributed by atoms with E-state index >= 15 is 0 Å². The predicted molar refractivity (Wildman–Crippen MR) is 99.9 cm³/mol. The lowest BCUT2D eigenvalue weighted by Crippen LogP contribution is -2.49. The fraction of sp³-hybridized carbons (Fsp3) is 0.381. The Labute approximate surface area is 153 Å². The summed E-state index contributed by atoms with van der Waals surface area (Å²) in [6.07, 6.45) is 5.64. The van der Waals surface area contributed by atoms with Gasteiger partial charge in [-0.25, -0.2) is 4.98 Å². The number of piperazine rings is 1. The van der Waals surface area contributed by atoms with E-state index in [1.165, 1.54) is 24.0 Å². The van der Waals surface area contributed by atoms with Crippen LogP contribution >= 0.6 is 0 Å². The van der Waals surface area contributed by atoms with Gasteiger partial charge in [0.05, 0.1) is 12.0 Å². The second kappa shape index (κ2) is 7.17. The molecule has 26 heavy (non-hydrogen) atoms. The summed E-state index contributed by atoms with van der Waals surface area (Å²) in [5, 5.41) is 8.86. The lowest BCUT2D eigenvalue weighted by Gasteiger charge is -2.35. The lowest BCUT2D eigenvalue weighted by molar-refractivity contribution is -0.130. The van der Waals surface area contributed by atoms with Crippen LogP contribution in [0.2, 0.25) is 0 Å². The van der Waals surface area contributed by atoms with Crippen LogP contribution in [0.1, 0.15) is 28.7 Å². The highest BCUT2D eigenvalue weighted by atomic mass is 16.2. The smallest absolute Gasteiger partial charge is 0.227 e. The molecule has 1 amide bonds. The SMILES string of the molecule is N#Cc1ccc(N2CCN(C(=O)Cc3ccc4c(c3)CCC4)CC2)nc1. The molecule has 1 aliphatic heterocycles. The summed E-state index contributed by atoms with van der Waals surface area (Å²) in [5.74, 6) is 1.07. The maximum absolute atomic E-state index is 12.7. The van der Waals surface area contributed by atoms with Crippen LogP contribution in [0.15, 0.2) is 36.5 Å². The predicted octanol–water partition coefficient (Wildman–Crippen LogP) is 2.33. The molecular formula is C21H22N4O. The Morgan fingerprint density at radius 1 is 1.08 bits per heavy atom. The van der Waals surface area contributed by atoms with Crippen molar-refractivity contribution in [3.63, 3.8) is 0 Å². The number of aromatic nitrogens is 1. The third-order valence-corrected chi connectivity index (χ3v) is 5.35. The molecule has 2 heterocycles. The molecule has 0 radical (unpaired) electrons. The Bertz CT molecular complexity index is 845. The number of hydrogen-bond acceptors (Lipinski definition) is 4. The first-order chi connectivity index (χ1) is 12.7. The van der Waals surface area contributed by atoms with E-state index in [1.807, 2.05) is 11.0 Å². The van der Waals surface area contributed by atoms with Crippen LogP contribution < -0.4 is 4.90 Å². The highest BCUT2D eigenvalue weighted by Gasteiger charge is 2.22. The van der Waals surface area contributed by atoms with Crippen LogP contribution in [0, 0.1) is 11.3 Å². The van der Waals surface area contributed by atoms with E-state index in [0.717, 1.165) is 30.9 Å². The maximum Gasteiger partial charge on any atom is 0.227 e. The van der Waals surface area contributed by atoms with Gasteiger partial charge in [0, 0.05) is 32.4 Å². The first kappa shape index (κ1) is 16.6. The number of rotatable bonds is 3. The monoisotopic (exact) mass is 346 g/mol. The van der Waals surface area contributed by atoms with Crippen molar-refractivity contribution in [2.45, 2.75) is 25.7 Å². The molecule has 0 spiro atoms. The molecule has 4 rings (SSSR count). The number of nitriles is 1. The number of pyridine rings is 1. The second-order valence-electron chi connectivity index (χ2n) is 7.02. The van der Waals surface area contributed by atoms with Crippen LogP contribution in [0.3, 0.4) is 0 Å². The fourth-order valence-electron chi connectivity index (χ4n) is 3.85. The Hall–Kier alpha value is -2.87. The van der Waals surface area contributed by atoms with Crippen molar-refractivity contribution in [3.8, 4) is 6.07 Å². The van der Waals surface area contributed by atoms with Gasteiger partial charge in [-0.3, -0.25) is 4.79 Å². The van der Waals surface area contributed by atoms with Gasteiger partial charge < -0.3 is 9.80 Å². The molecule has 1 aromatic heterocycles. The van der Waals surface area contributed by atoms with E-state index < -0.39 is 0 Å². The van der Waals surface area contributed by atoms with E-state index in [2.05, 4.69) is 34.2 Å². The summed E-state index contributed by atoms with van der Waals surface area (Å²) in [6, 6.07) is 12.3. The number of carbonyl (C=O) groups excluding carboxylic acids is 1. The number of amides is 1. The zero-order valence-corrected chi connectivity index (χ0v) is 14.8. The van der Waals surface area contributed by atoms with E-state index in [0.29, 0.717) is 25.1 Å². The van der Waals surface area contributed by atoms with Crippen molar-refractivity contribution in [2.24, 2.45) is 0 Å². The molecule has 5 nitrogen and oxygen atoms in total. The van der Waals surface area contributed by atoms with E-state index in [4.69, 9.17) is 5.26 Å². The van der Waals surface area contributed by atoms with Gasteiger partial charge in [-0.15, -0.1) is 0 Å². The normalized spacial score (nSPS) is 16.3. The second-order valence-corrected chi connectivity index (χ2v) is 7.02. The number of fused-ring (bicyclic) bond motifs is 1. The van der Waals surface area contributed by atoms with Crippen LogP contribution in [0.5, 0.6) is 0 Å².